The largest absolute Gasteiger partial charge is 0.497 e. The predicted molar refractivity (Wildman–Crippen MR) is 69.1 cm³/mol. The smallest absolute Gasteiger partial charge is 0.231 e. The molecule has 3 rings (SSSR count). The number of ether oxygens (including phenoxy) is 1. The van der Waals surface area contributed by atoms with E-state index in [2.05, 4.69) is 4.98 Å². The average molecular weight is 264 g/mol. The molecule has 0 aliphatic carbocycles. The molecule has 18 heavy (non-hydrogen) atoms. The van der Waals surface area contributed by atoms with E-state index in [9.17, 15) is 9.90 Å². The number of hydrogen-bond donors (Lipinski definition) is 1. The lowest BCUT2D eigenvalue weighted by atomic mass is 10.3. The zero-order valence-electron chi connectivity index (χ0n) is 9.79. The fraction of sp³-hybridized carbons (Fsp3) is 0.333. The second-order valence-corrected chi connectivity index (χ2v) is 5.20. The molecule has 0 spiro atoms. The van der Waals surface area contributed by atoms with Crippen LogP contribution in [0.15, 0.2) is 18.2 Å². The van der Waals surface area contributed by atoms with Crippen molar-refractivity contribution in [2.45, 2.75) is 12.5 Å². The number of thiazole rings is 1. The topological polar surface area (TPSA) is 62.7 Å². The number of aromatic nitrogens is 1. The standard InChI is InChI=1S/C12H12N2O3S/c1-17-8-2-3-10-9(5-8)13-12(18-10)14-6-7(15)4-11(14)16/h2-3,5,7,15H,4,6H2,1H3. The van der Waals surface area contributed by atoms with Crippen molar-refractivity contribution < 1.29 is 14.6 Å². The number of aliphatic hydroxyl groups is 1. The molecule has 0 bridgehead atoms. The molecule has 0 saturated carbocycles. The first-order valence-corrected chi connectivity index (χ1v) is 6.42. The Balaban J connectivity index is 2.00. The van der Waals surface area contributed by atoms with E-state index in [1.165, 1.54) is 11.3 Å². The predicted octanol–water partition coefficient (Wildman–Crippen LogP) is 1.40. The highest BCUT2D eigenvalue weighted by molar-refractivity contribution is 7.22. The number of carbonyl (C=O) groups is 1. The number of aliphatic hydroxyl groups excluding tert-OH is 1. The monoisotopic (exact) mass is 264 g/mol. The number of methoxy groups -OCH3 is 1. The normalized spacial score (nSPS) is 19.8. The van der Waals surface area contributed by atoms with Crippen molar-refractivity contribution >= 4 is 32.6 Å². The van der Waals surface area contributed by atoms with Crippen LogP contribution in [0.1, 0.15) is 6.42 Å². The third kappa shape index (κ3) is 1.83. The Hall–Kier alpha value is -1.66. The first kappa shape index (κ1) is 11.4. The maximum absolute atomic E-state index is 11.7. The first-order valence-electron chi connectivity index (χ1n) is 5.60. The number of carbonyl (C=O) groups excluding carboxylic acids is 1. The van der Waals surface area contributed by atoms with Crippen LogP contribution in [0.25, 0.3) is 10.2 Å². The summed E-state index contributed by atoms with van der Waals surface area (Å²) in [5.74, 6) is 0.667. The molecule has 1 N–H and O–H groups in total. The van der Waals surface area contributed by atoms with Crippen LogP contribution in [0.5, 0.6) is 5.75 Å². The molecule has 1 aromatic heterocycles. The van der Waals surface area contributed by atoms with Crippen LogP contribution >= 0.6 is 11.3 Å². The molecule has 1 aliphatic rings. The van der Waals surface area contributed by atoms with Gasteiger partial charge in [0.2, 0.25) is 5.91 Å². The van der Waals surface area contributed by atoms with Gasteiger partial charge >= 0.3 is 0 Å². The van der Waals surface area contributed by atoms with Crippen molar-refractivity contribution in [2.24, 2.45) is 0 Å². The number of β-amino-alcohol motifs (C(OH)–C–C–N with tert-alkyl or cyclic N) is 1. The number of amides is 1. The molecule has 6 heteroatoms. The lowest BCUT2D eigenvalue weighted by Crippen LogP contribution is -2.24. The Kier molecular flexibility index (Phi) is 2.68. The van der Waals surface area contributed by atoms with Crippen molar-refractivity contribution in [2.75, 3.05) is 18.6 Å². The van der Waals surface area contributed by atoms with E-state index in [0.29, 0.717) is 11.7 Å². The molecule has 1 unspecified atom stereocenters. The minimum Gasteiger partial charge on any atom is -0.497 e. The lowest BCUT2D eigenvalue weighted by molar-refractivity contribution is -0.117. The highest BCUT2D eigenvalue weighted by atomic mass is 32.1. The number of rotatable bonds is 2. The van der Waals surface area contributed by atoms with Gasteiger partial charge in [0.15, 0.2) is 5.13 Å². The van der Waals surface area contributed by atoms with Crippen LogP contribution in [-0.2, 0) is 4.79 Å². The van der Waals surface area contributed by atoms with E-state index in [-0.39, 0.29) is 12.3 Å². The summed E-state index contributed by atoms with van der Waals surface area (Å²) in [4.78, 5) is 17.7. The minimum atomic E-state index is -0.584. The van der Waals surface area contributed by atoms with Gasteiger partial charge in [-0.15, -0.1) is 0 Å². The van der Waals surface area contributed by atoms with E-state index in [1.54, 1.807) is 12.0 Å². The van der Waals surface area contributed by atoms with Gasteiger partial charge in [-0.05, 0) is 12.1 Å². The second-order valence-electron chi connectivity index (χ2n) is 4.19. The summed E-state index contributed by atoms with van der Waals surface area (Å²) in [5, 5.41) is 10.1. The van der Waals surface area contributed by atoms with Gasteiger partial charge in [-0.3, -0.25) is 9.69 Å². The molecule has 5 nitrogen and oxygen atoms in total. The van der Waals surface area contributed by atoms with Crippen LogP contribution in [0.2, 0.25) is 0 Å². The molecule has 1 saturated heterocycles. The SMILES string of the molecule is COc1ccc2sc(N3CC(O)CC3=O)nc2c1. The van der Waals surface area contributed by atoms with Gasteiger partial charge in [-0.25, -0.2) is 4.98 Å². The van der Waals surface area contributed by atoms with Crippen LogP contribution in [0.3, 0.4) is 0 Å². The third-order valence-corrected chi connectivity index (χ3v) is 3.98. The number of fused-ring (bicyclic) bond motifs is 1. The van der Waals surface area contributed by atoms with E-state index in [4.69, 9.17) is 4.74 Å². The summed E-state index contributed by atoms with van der Waals surface area (Å²) in [5.41, 5.74) is 0.809. The summed E-state index contributed by atoms with van der Waals surface area (Å²) in [6.45, 7) is 0.329. The van der Waals surface area contributed by atoms with Crippen LogP contribution in [-0.4, -0.2) is 35.8 Å². The molecule has 1 aliphatic heterocycles. The number of benzene rings is 1. The van der Waals surface area contributed by atoms with E-state index in [0.717, 1.165) is 16.0 Å². The third-order valence-electron chi connectivity index (χ3n) is 2.92. The molecular formula is C12H12N2O3S. The number of anilines is 1. The quantitative estimate of drug-likeness (QED) is 0.890. The Morgan fingerprint density at radius 2 is 2.39 bits per heavy atom. The lowest BCUT2D eigenvalue weighted by Gasteiger charge is -2.10. The highest BCUT2D eigenvalue weighted by Gasteiger charge is 2.31. The maximum atomic E-state index is 11.7. The van der Waals surface area contributed by atoms with Gasteiger partial charge in [0.25, 0.3) is 0 Å². The molecule has 2 aromatic rings. The fourth-order valence-electron chi connectivity index (χ4n) is 2.01. The highest BCUT2D eigenvalue weighted by Crippen LogP contribution is 2.33. The number of hydrogen-bond acceptors (Lipinski definition) is 5. The van der Waals surface area contributed by atoms with Crippen molar-refractivity contribution in [1.29, 1.82) is 0 Å². The summed E-state index contributed by atoms with van der Waals surface area (Å²) in [7, 11) is 1.61. The van der Waals surface area contributed by atoms with Gasteiger partial charge in [-0.1, -0.05) is 11.3 Å². The van der Waals surface area contributed by atoms with E-state index >= 15 is 0 Å². The zero-order chi connectivity index (χ0) is 12.7. The van der Waals surface area contributed by atoms with Crippen molar-refractivity contribution in [1.82, 2.24) is 4.98 Å². The van der Waals surface area contributed by atoms with Gasteiger partial charge in [0.1, 0.15) is 5.75 Å². The van der Waals surface area contributed by atoms with Crippen molar-refractivity contribution in [3.05, 3.63) is 18.2 Å². The summed E-state index contributed by atoms with van der Waals surface area (Å²) < 4.78 is 6.14. The molecular weight excluding hydrogens is 252 g/mol. The van der Waals surface area contributed by atoms with Crippen molar-refractivity contribution in [3.63, 3.8) is 0 Å². The average Bonchev–Trinajstić information content (AvgIpc) is 2.90. The van der Waals surface area contributed by atoms with Crippen molar-refractivity contribution in [3.8, 4) is 5.75 Å². The Morgan fingerprint density at radius 3 is 3.06 bits per heavy atom. The Bertz CT molecular complexity index is 610. The molecule has 1 amide bonds. The van der Waals surface area contributed by atoms with E-state index in [1.807, 2.05) is 18.2 Å². The van der Waals surface area contributed by atoms with Crippen LogP contribution in [0.4, 0.5) is 5.13 Å². The Morgan fingerprint density at radius 1 is 1.56 bits per heavy atom. The van der Waals surface area contributed by atoms with Gasteiger partial charge < -0.3 is 9.84 Å². The number of nitrogens with zero attached hydrogens (tertiary/aromatic N) is 2. The Labute approximate surface area is 108 Å². The molecule has 94 valence electrons. The fourth-order valence-corrected chi connectivity index (χ4v) is 2.98. The van der Waals surface area contributed by atoms with Crippen LogP contribution in [0, 0.1) is 0 Å². The second kappa shape index (κ2) is 4.22. The molecule has 1 atom stereocenters. The zero-order valence-corrected chi connectivity index (χ0v) is 10.6. The molecule has 0 radical (unpaired) electrons. The minimum absolute atomic E-state index is 0.0754. The molecule has 2 heterocycles. The first-order chi connectivity index (χ1) is 8.67. The molecule has 1 fully saturated rings. The summed E-state index contributed by atoms with van der Waals surface area (Å²) in [6.07, 6.45) is -0.404. The summed E-state index contributed by atoms with van der Waals surface area (Å²) in [6, 6.07) is 5.63. The van der Waals surface area contributed by atoms with Gasteiger partial charge in [-0.2, -0.15) is 0 Å². The van der Waals surface area contributed by atoms with Crippen LogP contribution < -0.4 is 9.64 Å². The molecule has 1 aromatic carbocycles. The van der Waals surface area contributed by atoms with Gasteiger partial charge in [0.05, 0.1) is 36.4 Å². The van der Waals surface area contributed by atoms with E-state index < -0.39 is 6.10 Å². The van der Waals surface area contributed by atoms with Gasteiger partial charge in [0, 0.05) is 6.07 Å². The maximum Gasteiger partial charge on any atom is 0.231 e. The summed E-state index contributed by atoms with van der Waals surface area (Å²) >= 11 is 1.45.